The first-order chi connectivity index (χ1) is 13.6. The van der Waals surface area contributed by atoms with E-state index in [-0.39, 0.29) is 23.9 Å². The first-order valence-corrected chi connectivity index (χ1v) is 9.50. The van der Waals surface area contributed by atoms with E-state index in [1.807, 2.05) is 20.8 Å². The van der Waals surface area contributed by atoms with Crippen molar-refractivity contribution in [1.29, 1.82) is 0 Å². The van der Waals surface area contributed by atoms with Gasteiger partial charge in [-0.1, -0.05) is 20.8 Å². The summed E-state index contributed by atoms with van der Waals surface area (Å²) < 4.78 is 1.38. The highest BCUT2D eigenvalue weighted by Crippen LogP contribution is 2.45. The first-order valence-electron chi connectivity index (χ1n) is 9.50. The summed E-state index contributed by atoms with van der Waals surface area (Å²) in [6.45, 7) is 6.23. The molecular weight excluding hydrogens is 376 g/mol. The Labute approximate surface area is 168 Å². The lowest BCUT2D eigenvalue weighted by atomic mass is 9.66. The van der Waals surface area contributed by atoms with Gasteiger partial charge in [0, 0.05) is 18.9 Å². The van der Waals surface area contributed by atoms with Gasteiger partial charge in [-0.2, -0.15) is 10.1 Å². The molecule has 2 aromatic rings. The van der Waals surface area contributed by atoms with Crippen molar-refractivity contribution in [2.75, 3.05) is 11.9 Å². The number of nitrogens with zero attached hydrogens (tertiary/aromatic N) is 5. The van der Waals surface area contributed by atoms with E-state index >= 15 is 0 Å². The zero-order chi connectivity index (χ0) is 21.2. The van der Waals surface area contributed by atoms with Crippen LogP contribution in [-0.4, -0.2) is 58.9 Å². The Bertz CT molecular complexity index is 893. The van der Waals surface area contributed by atoms with Crippen molar-refractivity contribution >= 4 is 17.7 Å². The Morgan fingerprint density at radius 2 is 2.07 bits per heavy atom. The number of piperidine rings is 1. The van der Waals surface area contributed by atoms with Crippen molar-refractivity contribution in [3.8, 4) is 11.8 Å². The van der Waals surface area contributed by atoms with Gasteiger partial charge in [-0.15, -0.1) is 0 Å². The smallest absolute Gasteiger partial charge is 0.407 e. The second kappa shape index (κ2) is 7.69. The minimum Gasteiger partial charge on any atom is -0.492 e. The monoisotopic (exact) mass is 402 g/mol. The molecule has 0 spiro atoms. The molecule has 1 unspecified atom stereocenters. The van der Waals surface area contributed by atoms with Crippen LogP contribution in [0.25, 0.3) is 5.95 Å². The van der Waals surface area contributed by atoms with Crippen LogP contribution in [0.3, 0.4) is 0 Å². The van der Waals surface area contributed by atoms with Crippen LogP contribution in [0.2, 0.25) is 0 Å². The molecule has 0 saturated carbocycles. The maximum atomic E-state index is 12.9. The number of hydrogen-bond donors (Lipinski definition) is 3. The molecule has 0 aliphatic carbocycles. The predicted octanol–water partition coefficient (Wildman–Crippen LogP) is 2.65. The molecule has 29 heavy (non-hydrogen) atoms. The highest BCUT2D eigenvalue weighted by molar-refractivity contribution is 5.92. The number of carbonyl (C=O) groups is 2. The van der Waals surface area contributed by atoms with Gasteiger partial charge in [0.05, 0.1) is 18.2 Å². The normalized spacial score (nSPS) is 19.8. The molecule has 10 nitrogen and oxygen atoms in total. The Hall–Kier alpha value is -3.17. The molecule has 1 aliphatic heterocycles. The standard InChI is InChI=1S/C19H26N6O4/c1-18(2,3)19(7-4-5-9-24(19)17(28)29)11-14(26)22-13-12-20-16(23-15(13)27)25-10-6-8-21-25/h6,8,10,12H,4-5,7,9,11H2,1-3H3,(H,22,26)(H,28,29)(H,20,23,27). The molecule has 0 aromatic carbocycles. The number of likely N-dealkylation sites (tertiary alicyclic amines) is 1. The van der Waals surface area contributed by atoms with Gasteiger partial charge in [0.25, 0.3) is 5.95 Å². The Morgan fingerprint density at radius 3 is 2.66 bits per heavy atom. The fourth-order valence-corrected chi connectivity index (χ4v) is 3.95. The second-order valence-electron chi connectivity index (χ2n) is 8.26. The van der Waals surface area contributed by atoms with E-state index in [0.29, 0.717) is 13.0 Å². The Morgan fingerprint density at radius 1 is 1.31 bits per heavy atom. The van der Waals surface area contributed by atoms with Gasteiger partial charge in [0.15, 0.2) is 0 Å². The Kier molecular flexibility index (Phi) is 5.45. The highest BCUT2D eigenvalue weighted by atomic mass is 16.4. The molecule has 156 valence electrons. The number of anilines is 1. The number of aromatic hydroxyl groups is 1. The Balaban J connectivity index is 1.81. The van der Waals surface area contributed by atoms with Crippen LogP contribution in [-0.2, 0) is 4.79 Å². The molecule has 0 bridgehead atoms. The lowest BCUT2D eigenvalue weighted by Crippen LogP contribution is -2.62. The second-order valence-corrected chi connectivity index (χ2v) is 8.26. The fraction of sp³-hybridized carbons (Fsp3) is 0.526. The average Bonchev–Trinajstić information content (AvgIpc) is 3.17. The maximum absolute atomic E-state index is 12.9. The lowest BCUT2D eigenvalue weighted by Gasteiger charge is -2.53. The fourth-order valence-electron chi connectivity index (χ4n) is 3.95. The van der Waals surface area contributed by atoms with E-state index in [9.17, 15) is 19.8 Å². The van der Waals surface area contributed by atoms with Crippen LogP contribution in [0, 0.1) is 5.41 Å². The van der Waals surface area contributed by atoms with Gasteiger partial charge in [-0.3, -0.25) is 4.79 Å². The predicted molar refractivity (Wildman–Crippen MR) is 105 cm³/mol. The molecule has 10 heteroatoms. The quantitative estimate of drug-likeness (QED) is 0.716. The van der Waals surface area contributed by atoms with Gasteiger partial charge >= 0.3 is 6.09 Å². The summed E-state index contributed by atoms with van der Waals surface area (Å²) in [6.07, 6.45) is 5.65. The third-order valence-corrected chi connectivity index (χ3v) is 5.56. The van der Waals surface area contributed by atoms with Crippen molar-refractivity contribution in [2.24, 2.45) is 5.41 Å². The summed E-state index contributed by atoms with van der Waals surface area (Å²) in [4.78, 5) is 34.2. The summed E-state index contributed by atoms with van der Waals surface area (Å²) in [5.74, 6) is -0.623. The van der Waals surface area contributed by atoms with Crippen LogP contribution >= 0.6 is 0 Å². The van der Waals surface area contributed by atoms with Crippen molar-refractivity contribution in [3.05, 3.63) is 24.7 Å². The van der Waals surface area contributed by atoms with Gasteiger partial charge in [-0.05, 0) is 30.7 Å². The lowest BCUT2D eigenvalue weighted by molar-refractivity contribution is -0.123. The number of aromatic nitrogens is 4. The number of rotatable bonds is 4. The molecule has 3 heterocycles. The minimum atomic E-state index is -1.03. The molecule has 2 aromatic heterocycles. The number of amides is 2. The van der Waals surface area contributed by atoms with Crippen molar-refractivity contribution in [3.63, 3.8) is 0 Å². The van der Waals surface area contributed by atoms with Gasteiger partial charge < -0.3 is 20.4 Å². The van der Waals surface area contributed by atoms with Crippen molar-refractivity contribution in [2.45, 2.75) is 52.0 Å². The SMILES string of the molecule is CC(C)(C)C1(CC(=O)Nc2cnc(-n3cccn3)nc2O)CCCCN1C(=O)O. The van der Waals surface area contributed by atoms with Gasteiger partial charge in [0.2, 0.25) is 11.8 Å². The molecule has 3 rings (SSSR count). The molecule has 0 radical (unpaired) electrons. The van der Waals surface area contributed by atoms with E-state index < -0.39 is 23.0 Å². The molecule has 1 aliphatic rings. The summed E-state index contributed by atoms with van der Waals surface area (Å²) in [6, 6.07) is 1.69. The van der Waals surface area contributed by atoms with E-state index in [0.717, 1.165) is 12.8 Å². The zero-order valence-electron chi connectivity index (χ0n) is 16.8. The van der Waals surface area contributed by atoms with E-state index in [1.54, 1.807) is 18.5 Å². The van der Waals surface area contributed by atoms with E-state index in [1.165, 1.54) is 15.8 Å². The summed E-state index contributed by atoms with van der Waals surface area (Å²) >= 11 is 0. The maximum Gasteiger partial charge on any atom is 0.407 e. The molecule has 2 amide bonds. The van der Waals surface area contributed by atoms with E-state index in [2.05, 4.69) is 20.4 Å². The van der Waals surface area contributed by atoms with Crippen LogP contribution in [0.1, 0.15) is 46.5 Å². The third kappa shape index (κ3) is 4.01. The number of carboxylic acid groups (broad SMARTS) is 1. The first kappa shape index (κ1) is 20.6. The number of hydrogen-bond acceptors (Lipinski definition) is 6. The highest BCUT2D eigenvalue weighted by Gasteiger charge is 2.51. The van der Waals surface area contributed by atoms with Crippen LogP contribution < -0.4 is 5.32 Å². The minimum absolute atomic E-state index is 0.0247. The van der Waals surface area contributed by atoms with E-state index in [4.69, 9.17) is 0 Å². The summed E-state index contributed by atoms with van der Waals surface area (Å²) in [5.41, 5.74) is -1.23. The molecule has 1 saturated heterocycles. The molecule has 1 atom stereocenters. The number of nitrogens with one attached hydrogen (secondary N) is 1. The third-order valence-electron chi connectivity index (χ3n) is 5.56. The van der Waals surface area contributed by atoms with Crippen LogP contribution in [0.5, 0.6) is 5.88 Å². The van der Waals surface area contributed by atoms with Crippen molar-refractivity contribution in [1.82, 2.24) is 24.6 Å². The van der Waals surface area contributed by atoms with Gasteiger partial charge in [0.1, 0.15) is 5.69 Å². The molecular formula is C19H26N6O4. The van der Waals surface area contributed by atoms with Crippen LogP contribution in [0.4, 0.5) is 10.5 Å². The topological polar surface area (TPSA) is 133 Å². The summed E-state index contributed by atoms with van der Waals surface area (Å²) in [5, 5.41) is 26.5. The van der Waals surface area contributed by atoms with Crippen molar-refractivity contribution < 1.29 is 19.8 Å². The molecule has 3 N–H and O–H groups in total. The number of carbonyl (C=O) groups excluding carboxylic acids is 1. The van der Waals surface area contributed by atoms with Crippen LogP contribution in [0.15, 0.2) is 24.7 Å². The summed E-state index contributed by atoms with van der Waals surface area (Å²) in [7, 11) is 0. The zero-order valence-corrected chi connectivity index (χ0v) is 16.8. The average molecular weight is 402 g/mol. The molecule has 1 fully saturated rings. The van der Waals surface area contributed by atoms with Gasteiger partial charge in [-0.25, -0.2) is 14.5 Å². The largest absolute Gasteiger partial charge is 0.492 e.